The molecule has 0 aliphatic heterocycles. The number of amides is 1. The number of nitrogens with one attached hydrogen (secondary N) is 1. The van der Waals surface area contributed by atoms with E-state index in [0.717, 1.165) is 57.8 Å². The van der Waals surface area contributed by atoms with Crippen molar-refractivity contribution in [1.29, 1.82) is 0 Å². The van der Waals surface area contributed by atoms with Gasteiger partial charge in [-0.25, -0.2) is 4.57 Å². The van der Waals surface area contributed by atoms with Crippen molar-refractivity contribution < 1.29 is 32.9 Å². The lowest BCUT2D eigenvalue weighted by Crippen LogP contribution is -2.45. The Morgan fingerprint density at radius 1 is 0.623 bits per heavy atom. The van der Waals surface area contributed by atoms with Crippen molar-refractivity contribution >= 4 is 13.7 Å². The molecule has 0 radical (unpaired) electrons. The molecule has 0 aliphatic carbocycles. The van der Waals surface area contributed by atoms with Gasteiger partial charge in [0.1, 0.15) is 13.2 Å². The van der Waals surface area contributed by atoms with Gasteiger partial charge in [0, 0.05) is 6.42 Å². The number of allylic oxidation sites excluding steroid dienone is 7. The molecular weight excluding hydrogens is 683 g/mol. The van der Waals surface area contributed by atoms with Gasteiger partial charge in [0.15, 0.2) is 0 Å². The molecule has 3 unspecified atom stereocenters. The molecule has 8 nitrogen and oxygen atoms in total. The summed E-state index contributed by atoms with van der Waals surface area (Å²) in [5, 5.41) is 13.8. The van der Waals surface area contributed by atoms with Crippen molar-refractivity contribution in [1.82, 2.24) is 5.32 Å². The third-order valence-electron chi connectivity index (χ3n) is 9.25. The molecule has 310 valence electrons. The summed E-state index contributed by atoms with van der Waals surface area (Å²) in [4.78, 5) is 23.0. The lowest BCUT2D eigenvalue weighted by Gasteiger charge is -2.25. The number of phosphoric acid groups is 1. The summed E-state index contributed by atoms with van der Waals surface area (Å²) < 4.78 is 23.5. The van der Waals surface area contributed by atoms with Crippen molar-refractivity contribution in [2.75, 3.05) is 40.9 Å². The molecule has 0 aliphatic rings. The number of likely N-dealkylation sites (N-methyl/N-ethyl adjacent to an activating group) is 1. The summed E-state index contributed by atoms with van der Waals surface area (Å²) in [6.07, 6.45) is 44.6. The van der Waals surface area contributed by atoms with Crippen LogP contribution in [0.25, 0.3) is 0 Å². The monoisotopic (exact) mass is 768 g/mol. The fourth-order valence-corrected chi connectivity index (χ4v) is 6.51. The molecule has 1 amide bonds. The van der Waals surface area contributed by atoms with E-state index < -0.39 is 20.0 Å². The summed E-state index contributed by atoms with van der Waals surface area (Å²) in [7, 11) is 1.53. The van der Waals surface area contributed by atoms with Crippen LogP contribution in [0.1, 0.15) is 174 Å². The number of nitrogens with zero attached hydrogens (tertiary/aromatic N) is 1. The predicted molar refractivity (Wildman–Crippen MR) is 226 cm³/mol. The first-order chi connectivity index (χ1) is 25.5. The first kappa shape index (κ1) is 51.5. The highest BCUT2D eigenvalue weighted by atomic mass is 31.2. The Hall–Kier alpha value is -1.54. The molecule has 0 fully saturated rings. The standard InChI is InChI=1S/C44H83N2O6P/c1-6-8-10-12-14-16-18-20-21-22-23-24-26-27-29-31-33-35-37-43(47)42(41-52-53(49,50)51-40-39-46(3,4)5)45-44(48)38-36-34-32-30-28-25-19-17-15-13-11-9-7-2/h17,19,22-23,27,29,35,37,42-43,47H,6-16,18,20-21,24-26,28,30-34,36,38-41H2,1-5H3,(H-,45,48,49,50)/p+1/b19-17-,23-22+,29-27+,37-35+. The molecule has 0 aromatic carbocycles. The van der Waals surface area contributed by atoms with Gasteiger partial charge < -0.3 is 19.8 Å². The second-order valence-corrected chi connectivity index (χ2v) is 17.1. The lowest BCUT2D eigenvalue weighted by atomic mass is 10.1. The summed E-state index contributed by atoms with van der Waals surface area (Å²) in [6.45, 7) is 4.74. The second kappa shape index (κ2) is 36.1. The molecule has 3 atom stereocenters. The number of aliphatic hydroxyl groups excluding tert-OH is 1. The van der Waals surface area contributed by atoms with Crippen LogP contribution in [0.15, 0.2) is 48.6 Å². The van der Waals surface area contributed by atoms with Gasteiger partial charge in [-0.1, -0.05) is 146 Å². The molecule has 0 spiro atoms. The molecule has 0 aromatic rings. The molecule has 0 bridgehead atoms. The largest absolute Gasteiger partial charge is 0.472 e. The van der Waals surface area contributed by atoms with E-state index in [-0.39, 0.29) is 19.1 Å². The highest BCUT2D eigenvalue weighted by Gasteiger charge is 2.27. The van der Waals surface area contributed by atoms with Gasteiger partial charge in [0.25, 0.3) is 0 Å². The minimum Gasteiger partial charge on any atom is -0.387 e. The minimum absolute atomic E-state index is 0.0508. The summed E-state index contributed by atoms with van der Waals surface area (Å²) in [5.41, 5.74) is 0. The van der Waals surface area contributed by atoms with Gasteiger partial charge in [-0.15, -0.1) is 0 Å². The van der Waals surface area contributed by atoms with Gasteiger partial charge in [0.05, 0.1) is 39.9 Å². The zero-order chi connectivity index (χ0) is 39.3. The van der Waals surface area contributed by atoms with Crippen molar-refractivity contribution in [2.24, 2.45) is 0 Å². The van der Waals surface area contributed by atoms with E-state index in [1.807, 2.05) is 27.2 Å². The molecule has 3 N–H and O–H groups in total. The van der Waals surface area contributed by atoms with E-state index in [1.54, 1.807) is 6.08 Å². The number of phosphoric ester groups is 1. The van der Waals surface area contributed by atoms with Crippen LogP contribution in [0.3, 0.4) is 0 Å². The Labute approximate surface area is 327 Å². The zero-order valence-electron chi connectivity index (χ0n) is 35.0. The molecule has 9 heteroatoms. The summed E-state index contributed by atoms with van der Waals surface area (Å²) in [5.74, 6) is -0.203. The molecule has 0 saturated carbocycles. The Morgan fingerprint density at radius 3 is 1.53 bits per heavy atom. The zero-order valence-corrected chi connectivity index (χ0v) is 35.9. The molecule has 53 heavy (non-hydrogen) atoms. The number of carbonyl (C=O) groups excluding carboxylic acids is 1. The highest BCUT2D eigenvalue weighted by Crippen LogP contribution is 2.43. The lowest BCUT2D eigenvalue weighted by molar-refractivity contribution is -0.870. The normalized spacial score (nSPS) is 14.9. The van der Waals surface area contributed by atoms with Gasteiger partial charge in [-0.05, 0) is 70.6 Å². The first-order valence-corrected chi connectivity index (χ1v) is 23.0. The Balaban J connectivity index is 4.56. The van der Waals surface area contributed by atoms with Gasteiger partial charge in [-0.3, -0.25) is 13.8 Å². The SMILES string of the molecule is CCCCCC/C=C\CCCCCCCC(=O)NC(COP(=O)(O)OCC[N+](C)(C)C)C(O)/C=C/CC/C=C/CC/C=C/CCCCCCCCCC. The number of unbranched alkanes of at least 4 members (excludes halogenated alkanes) is 19. The predicted octanol–water partition coefficient (Wildman–Crippen LogP) is 11.7. The van der Waals surface area contributed by atoms with Gasteiger partial charge in [0.2, 0.25) is 5.91 Å². The maximum absolute atomic E-state index is 12.8. The van der Waals surface area contributed by atoms with Crippen LogP contribution in [0.4, 0.5) is 0 Å². The maximum atomic E-state index is 12.8. The van der Waals surface area contributed by atoms with Gasteiger partial charge in [-0.2, -0.15) is 0 Å². The Bertz CT molecular complexity index is 1010. The van der Waals surface area contributed by atoms with Crippen molar-refractivity contribution in [3.05, 3.63) is 48.6 Å². The number of carbonyl (C=O) groups is 1. The molecule has 0 saturated heterocycles. The van der Waals surface area contributed by atoms with Crippen LogP contribution < -0.4 is 5.32 Å². The first-order valence-electron chi connectivity index (χ1n) is 21.5. The Kier molecular flexibility index (Phi) is 35.1. The number of quaternary nitrogens is 1. The fraction of sp³-hybridized carbons (Fsp3) is 0.795. The van der Waals surface area contributed by atoms with Gasteiger partial charge >= 0.3 is 7.82 Å². The highest BCUT2D eigenvalue weighted by molar-refractivity contribution is 7.47. The van der Waals surface area contributed by atoms with Crippen LogP contribution >= 0.6 is 7.82 Å². The summed E-state index contributed by atoms with van der Waals surface area (Å²) >= 11 is 0. The van der Waals surface area contributed by atoms with Crippen molar-refractivity contribution in [3.63, 3.8) is 0 Å². The van der Waals surface area contributed by atoms with Crippen LogP contribution in [0, 0.1) is 0 Å². The topological polar surface area (TPSA) is 105 Å². The second-order valence-electron chi connectivity index (χ2n) is 15.7. The van der Waals surface area contributed by atoms with Crippen molar-refractivity contribution in [3.8, 4) is 0 Å². The number of hydrogen-bond acceptors (Lipinski definition) is 5. The number of rotatable bonds is 38. The molecule has 0 heterocycles. The Morgan fingerprint density at radius 2 is 1.04 bits per heavy atom. The smallest absolute Gasteiger partial charge is 0.387 e. The number of hydrogen-bond donors (Lipinski definition) is 3. The average Bonchev–Trinajstić information content (AvgIpc) is 3.10. The molecule has 0 aromatic heterocycles. The summed E-state index contributed by atoms with van der Waals surface area (Å²) in [6, 6.07) is -0.872. The van der Waals surface area contributed by atoms with Crippen LogP contribution in [-0.4, -0.2) is 73.4 Å². The van der Waals surface area contributed by atoms with E-state index in [9.17, 15) is 19.4 Å². The van der Waals surface area contributed by atoms with E-state index >= 15 is 0 Å². The third-order valence-corrected chi connectivity index (χ3v) is 10.2. The van der Waals surface area contributed by atoms with Crippen LogP contribution in [-0.2, 0) is 18.4 Å². The third kappa shape index (κ3) is 38.5. The van der Waals surface area contributed by atoms with Crippen LogP contribution in [0.5, 0.6) is 0 Å². The fourth-order valence-electron chi connectivity index (χ4n) is 5.77. The van der Waals surface area contributed by atoms with E-state index in [0.29, 0.717) is 17.4 Å². The molecule has 0 rings (SSSR count). The number of aliphatic hydroxyl groups is 1. The molecular formula is C44H84N2O6P+. The van der Waals surface area contributed by atoms with E-state index in [4.69, 9.17) is 9.05 Å². The van der Waals surface area contributed by atoms with E-state index in [1.165, 1.54) is 96.3 Å². The maximum Gasteiger partial charge on any atom is 0.472 e. The minimum atomic E-state index is -4.35. The van der Waals surface area contributed by atoms with Crippen LogP contribution in [0.2, 0.25) is 0 Å². The quantitative estimate of drug-likeness (QED) is 0.0250. The van der Waals surface area contributed by atoms with Crippen molar-refractivity contribution in [2.45, 2.75) is 187 Å². The average molecular weight is 768 g/mol. The van der Waals surface area contributed by atoms with E-state index in [2.05, 4.69) is 55.6 Å².